The molecule has 4 atom stereocenters. The maximum atomic E-state index is 13.9. The molecule has 1 unspecified atom stereocenters. The molecule has 0 bridgehead atoms. The quantitative estimate of drug-likeness (QED) is 0.117. The molecule has 4 N–H and O–H groups in total. The highest BCUT2D eigenvalue weighted by molar-refractivity contribution is 7.84. The number of nitrogens with zero attached hydrogens (tertiary/aromatic N) is 1. The highest BCUT2D eigenvalue weighted by Crippen LogP contribution is 2.14. The predicted molar refractivity (Wildman–Crippen MR) is 195 cm³/mol. The molecule has 14 heteroatoms. The second kappa shape index (κ2) is 21.7. The number of phenolic OH excluding ortho intramolecular Hbond substituents is 1. The largest absolute Gasteiger partial charge is 0.508 e. The molecule has 0 saturated heterocycles. The lowest BCUT2D eigenvalue weighted by Gasteiger charge is -2.28. The molecule has 0 aliphatic heterocycles. The van der Waals surface area contributed by atoms with Gasteiger partial charge in [0.15, 0.2) is 0 Å². The maximum absolute atomic E-state index is 13.9. The van der Waals surface area contributed by atoms with E-state index in [1.165, 1.54) is 30.3 Å². The van der Waals surface area contributed by atoms with Crippen LogP contribution < -0.4 is 16.0 Å². The van der Waals surface area contributed by atoms with E-state index in [0.29, 0.717) is 12.2 Å². The Morgan fingerprint density at radius 3 is 2.04 bits per heavy atom. The number of aromatic hydroxyl groups is 1. The number of phenols is 1. The summed E-state index contributed by atoms with van der Waals surface area (Å²) in [6.45, 7) is 7.47. The molecule has 0 saturated carbocycles. The average Bonchev–Trinajstić information content (AvgIpc) is 3.06. The van der Waals surface area contributed by atoms with Gasteiger partial charge < -0.3 is 35.4 Å². The van der Waals surface area contributed by atoms with E-state index in [-0.39, 0.29) is 43.7 Å². The molecule has 0 spiro atoms. The topological polar surface area (TPSA) is 180 Å². The van der Waals surface area contributed by atoms with E-state index in [0.717, 1.165) is 24.8 Å². The van der Waals surface area contributed by atoms with Crippen molar-refractivity contribution in [3.8, 4) is 5.75 Å². The molecule has 0 fully saturated rings. The summed E-state index contributed by atoms with van der Waals surface area (Å²) in [7, 11) is 0.216. The second-order valence-corrected chi connectivity index (χ2v) is 14.9. The monoisotopic (exact) mass is 730 g/mol. The van der Waals surface area contributed by atoms with Crippen LogP contribution in [0.25, 0.3) is 0 Å². The molecule has 2 rings (SSSR count). The molecule has 0 aromatic heterocycles. The maximum Gasteiger partial charge on any atom is 0.408 e. The van der Waals surface area contributed by atoms with Gasteiger partial charge in [-0.05, 0) is 56.9 Å². The Kier molecular flexibility index (Phi) is 18.2. The number of nitrogens with one attached hydrogen (secondary N) is 3. The number of hydrogen-bond donors (Lipinski definition) is 4. The number of likely N-dealkylation sites (N-methyl/N-ethyl adjacent to an activating group) is 1. The Bertz CT molecular complexity index is 1450. The van der Waals surface area contributed by atoms with Crippen LogP contribution in [0.3, 0.4) is 0 Å². The van der Waals surface area contributed by atoms with Crippen LogP contribution in [0.2, 0.25) is 0 Å². The number of carbonyl (C=O) groups is 5. The van der Waals surface area contributed by atoms with Gasteiger partial charge in [-0.1, -0.05) is 62.2 Å². The summed E-state index contributed by atoms with van der Waals surface area (Å²) < 4.78 is 22.7. The predicted octanol–water partition coefficient (Wildman–Crippen LogP) is 3.39. The number of alkyl carbamates (subject to hydrolysis) is 1. The molecule has 13 nitrogen and oxygen atoms in total. The van der Waals surface area contributed by atoms with E-state index < -0.39 is 64.3 Å². The van der Waals surface area contributed by atoms with Gasteiger partial charge in [0.05, 0.1) is 13.0 Å². The van der Waals surface area contributed by atoms with Crippen molar-refractivity contribution in [2.24, 2.45) is 0 Å². The van der Waals surface area contributed by atoms with Crippen molar-refractivity contribution in [2.45, 2.75) is 96.4 Å². The standard InChI is InChI=1S/C37H54N4O9S/c1-7-8-12-22-49-32(43)19-21-41(5)35(46)31(25-26-13-10-9-11-14-26)39-33(44)29(20-23-51(6)48)38-34(45)30(40-36(47)50-37(2,3)4)24-27-15-17-28(42)18-16-27/h9-11,13-18,29-31,42H,7-8,12,19-25H2,1-6H3,(H,38,45)(H,39,44)(H,40,47)/t29-,30+,31+,51?/m1/s1. The van der Waals surface area contributed by atoms with Crippen molar-refractivity contribution >= 4 is 40.6 Å². The van der Waals surface area contributed by atoms with Gasteiger partial charge in [-0.2, -0.15) is 0 Å². The van der Waals surface area contributed by atoms with E-state index in [4.69, 9.17) is 9.47 Å². The first-order chi connectivity index (χ1) is 24.1. The molecule has 0 aliphatic rings. The molecule has 282 valence electrons. The molecule has 51 heavy (non-hydrogen) atoms. The van der Waals surface area contributed by atoms with Crippen molar-refractivity contribution in [3.63, 3.8) is 0 Å². The van der Waals surface area contributed by atoms with Crippen molar-refractivity contribution in [1.82, 2.24) is 20.9 Å². The van der Waals surface area contributed by atoms with Crippen LogP contribution >= 0.6 is 0 Å². The van der Waals surface area contributed by atoms with Gasteiger partial charge in [0, 0.05) is 49.2 Å². The molecule has 0 radical (unpaired) electrons. The fourth-order valence-electron chi connectivity index (χ4n) is 4.92. The van der Waals surface area contributed by atoms with Crippen molar-refractivity contribution in [2.75, 3.05) is 32.2 Å². The summed E-state index contributed by atoms with van der Waals surface area (Å²) >= 11 is 0. The Hall–Kier alpha value is -4.46. The molecular formula is C37H54N4O9S. The van der Waals surface area contributed by atoms with E-state index in [1.54, 1.807) is 32.9 Å². The Balaban J connectivity index is 2.28. The van der Waals surface area contributed by atoms with Crippen LogP contribution in [0, 0.1) is 0 Å². The lowest BCUT2D eigenvalue weighted by atomic mass is 10.0. The summed E-state index contributed by atoms with van der Waals surface area (Å²) in [6, 6.07) is 11.7. The number of benzene rings is 2. The smallest absolute Gasteiger partial charge is 0.408 e. The third-order valence-electron chi connectivity index (χ3n) is 7.65. The molecule has 4 amide bonds. The number of unbranched alkanes of at least 4 members (excludes halogenated alkanes) is 2. The first-order valence-corrected chi connectivity index (χ1v) is 18.9. The van der Waals surface area contributed by atoms with Gasteiger partial charge >= 0.3 is 12.1 Å². The zero-order chi connectivity index (χ0) is 38.0. The third kappa shape index (κ3) is 17.3. The van der Waals surface area contributed by atoms with Gasteiger partial charge in [-0.15, -0.1) is 0 Å². The summed E-state index contributed by atoms with van der Waals surface area (Å²) in [5.74, 6) is -2.18. The molecule has 2 aromatic carbocycles. The van der Waals surface area contributed by atoms with Crippen LogP contribution in [0.15, 0.2) is 54.6 Å². The molecular weight excluding hydrogens is 676 g/mol. The summed E-state index contributed by atoms with van der Waals surface area (Å²) in [5.41, 5.74) is 0.534. The zero-order valence-electron chi connectivity index (χ0n) is 30.6. The van der Waals surface area contributed by atoms with E-state index >= 15 is 0 Å². The van der Waals surface area contributed by atoms with Crippen LogP contribution in [0.1, 0.15) is 70.9 Å². The van der Waals surface area contributed by atoms with Crippen LogP contribution in [-0.2, 0) is 52.3 Å². The van der Waals surface area contributed by atoms with Gasteiger partial charge in [0.1, 0.15) is 29.5 Å². The Morgan fingerprint density at radius 1 is 0.843 bits per heavy atom. The minimum Gasteiger partial charge on any atom is -0.508 e. The first kappa shape index (κ1) is 42.7. The van der Waals surface area contributed by atoms with Crippen molar-refractivity contribution in [3.05, 3.63) is 65.7 Å². The number of esters is 1. The Morgan fingerprint density at radius 2 is 1.43 bits per heavy atom. The lowest BCUT2D eigenvalue weighted by molar-refractivity contribution is -0.145. The van der Waals surface area contributed by atoms with Gasteiger partial charge in [-0.25, -0.2) is 4.79 Å². The highest BCUT2D eigenvalue weighted by atomic mass is 32.2. The number of amides is 4. The SMILES string of the molecule is CCCCCOC(=O)CCN(C)C(=O)[C@H](Cc1ccccc1)NC(=O)[C@@H](CCS(C)=O)NC(=O)[C@H](Cc1ccc(O)cc1)NC(=O)OC(C)(C)C. The summed E-state index contributed by atoms with van der Waals surface area (Å²) in [4.78, 5) is 67.7. The van der Waals surface area contributed by atoms with Gasteiger partial charge in [0.25, 0.3) is 0 Å². The highest BCUT2D eigenvalue weighted by Gasteiger charge is 2.32. The van der Waals surface area contributed by atoms with Crippen LogP contribution in [0.4, 0.5) is 4.79 Å². The third-order valence-corrected chi connectivity index (χ3v) is 8.46. The minimum absolute atomic E-state index is 0.000352. The number of carbonyl (C=O) groups excluding carboxylic acids is 5. The Labute approximate surface area is 303 Å². The second-order valence-electron chi connectivity index (χ2n) is 13.4. The number of ether oxygens (including phenoxy) is 2. The lowest BCUT2D eigenvalue weighted by Crippen LogP contribution is -2.58. The fourth-order valence-corrected chi connectivity index (χ4v) is 5.49. The van der Waals surface area contributed by atoms with Crippen molar-refractivity contribution in [1.29, 1.82) is 0 Å². The fraction of sp³-hybridized carbons (Fsp3) is 0.541. The normalized spacial score (nSPS) is 13.5. The van der Waals surface area contributed by atoms with Gasteiger partial charge in [0.2, 0.25) is 17.7 Å². The molecule has 2 aromatic rings. The average molecular weight is 731 g/mol. The van der Waals surface area contributed by atoms with Gasteiger partial charge in [-0.3, -0.25) is 23.4 Å². The van der Waals surface area contributed by atoms with Crippen molar-refractivity contribution < 1.29 is 42.8 Å². The van der Waals surface area contributed by atoms with E-state index in [1.807, 2.05) is 37.3 Å². The van der Waals surface area contributed by atoms with Crippen LogP contribution in [0.5, 0.6) is 5.75 Å². The summed E-state index contributed by atoms with van der Waals surface area (Å²) in [5, 5.41) is 17.7. The molecule has 0 heterocycles. The molecule has 0 aliphatic carbocycles. The minimum atomic E-state index is -1.32. The van der Waals surface area contributed by atoms with E-state index in [2.05, 4.69) is 16.0 Å². The number of hydrogen-bond acceptors (Lipinski definition) is 9. The first-order valence-electron chi connectivity index (χ1n) is 17.2. The van der Waals surface area contributed by atoms with E-state index in [9.17, 15) is 33.3 Å². The summed E-state index contributed by atoms with van der Waals surface area (Å²) in [6.07, 6.45) is 3.41. The number of rotatable bonds is 20. The van der Waals surface area contributed by atoms with Crippen LogP contribution in [-0.4, -0.2) is 99.9 Å². The zero-order valence-corrected chi connectivity index (χ0v) is 31.4.